The summed E-state index contributed by atoms with van der Waals surface area (Å²) in [7, 11) is 0. The number of rotatable bonds is 6. The zero-order valence-electron chi connectivity index (χ0n) is 9.50. The van der Waals surface area contributed by atoms with Crippen LogP contribution in [-0.2, 0) is 6.54 Å². The normalized spacial score (nSPS) is 16.1. The predicted molar refractivity (Wildman–Crippen MR) is 64.2 cm³/mol. The average molecular weight is 256 g/mol. The van der Waals surface area contributed by atoms with Crippen molar-refractivity contribution < 1.29 is 15.0 Å². The molecule has 0 aliphatic heterocycles. The summed E-state index contributed by atoms with van der Waals surface area (Å²) in [5, 5.41) is 19.7. The zero-order chi connectivity index (χ0) is 12.3. The van der Waals surface area contributed by atoms with Gasteiger partial charge < -0.3 is 10.2 Å². The maximum atomic E-state index is 10.7. The summed E-state index contributed by atoms with van der Waals surface area (Å²) in [6.07, 6.45) is 3.57. The second kappa shape index (κ2) is 5.57. The number of carbonyl (C=O) groups is 1. The van der Waals surface area contributed by atoms with Crippen molar-refractivity contribution in [2.75, 3.05) is 13.2 Å². The van der Waals surface area contributed by atoms with E-state index in [4.69, 9.17) is 10.2 Å². The largest absolute Gasteiger partial charge is 0.476 e. The molecule has 0 amide bonds. The highest BCUT2D eigenvalue weighted by Crippen LogP contribution is 2.26. The van der Waals surface area contributed by atoms with Crippen LogP contribution in [0.15, 0.2) is 5.38 Å². The summed E-state index contributed by atoms with van der Waals surface area (Å²) in [6, 6.07) is 0.525. The number of hydrogen-bond donors (Lipinski definition) is 2. The fourth-order valence-electron chi connectivity index (χ4n) is 1.96. The van der Waals surface area contributed by atoms with Crippen molar-refractivity contribution in [1.82, 2.24) is 9.88 Å². The van der Waals surface area contributed by atoms with Gasteiger partial charge in [-0.3, -0.25) is 4.90 Å². The van der Waals surface area contributed by atoms with E-state index in [1.807, 2.05) is 0 Å². The standard InChI is InChI=1S/C11H16N2O3S/c14-5-4-13(9-2-1-3-9)6-8-7-17-10(12-8)11(15)16/h7,9,14H,1-6H2,(H,15,16). The number of aromatic carboxylic acids is 1. The van der Waals surface area contributed by atoms with E-state index in [0.717, 1.165) is 29.9 Å². The van der Waals surface area contributed by atoms with Crippen molar-refractivity contribution in [2.24, 2.45) is 0 Å². The minimum atomic E-state index is -0.974. The highest BCUT2D eigenvalue weighted by molar-refractivity contribution is 7.11. The summed E-state index contributed by atoms with van der Waals surface area (Å²) in [6.45, 7) is 1.39. The molecule has 0 radical (unpaired) electrons. The molecule has 2 rings (SSSR count). The van der Waals surface area contributed by atoms with E-state index in [-0.39, 0.29) is 11.6 Å². The lowest BCUT2D eigenvalue weighted by Crippen LogP contribution is -2.41. The van der Waals surface area contributed by atoms with Gasteiger partial charge in [0.2, 0.25) is 5.01 Å². The number of hydrogen-bond acceptors (Lipinski definition) is 5. The molecular weight excluding hydrogens is 240 g/mol. The van der Waals surface area contributed by atoms with E-state index >= 15 is 0 Å². The summed E-state index contributed by atoms with van der Waals surface area (Å²) < 4.78 is 0. The molecule has 1 aliphatic rings. The van der Waals surface area contributed by atoms with Crippen LogP contribution in [0.3, 0.4) is 0 Å². The molecule has 0 bridgehead atoms. The van der Waals surface area contributed by atoms with Gasteiger partial charge in [-0.2, -0.15) is 0 Å². The lowest BCUT2D eigenvalue weighted by Gasteiger charge is -2.36. The Morgan fingerprint density at radius 3 is 2.82 bits per heavy atom. The monoisotopic (exact) mass is 256 g/mol. The van der Waals surface area contributed by atoms with Crippen LogP contribution < -0.4 is 0 Å². The van der Waals surface area contributed by atoms with Crippen LogP contribution in [0, 0.1) is 0 Å². The van der Waals surface area contributed by atoms with Gasteiger partial charge in [0.1, 0.15) is 0 Å². The van der Waals surface area contributed by atoms with Gasteiger partial charge in [0.05, 0.1) is 12.3 Å². The second-order valence-corrected chi connectivity index (χ2v) is 5.09. The first-order chi connectivity index (χ1) is 8.20. The van der Waals surface area contributed by atoms with Gasteiger partial charge in [-0.1, -0.05) is 6.42 Å². The Kier molecular flexibility index (Phi) is 4.09. The maximum Gasteiger partial charge on any atom is 0.365 e. The highest BCUT2D eigenvalue weighted by atomic mass is 32.1. The van der Waals surface area contributed by atoms with Crippen molar-refractivity contribution in [1.29, 1.82) is 0 Å². The molecule has 17 heavy (non-hydrogen) atoms. The molecule has 0 atom stereocenters. The van der Waals surface area contributed by atoms with Crippen molar-refractivity contribution in [3.05, 3.63) is 16.1 Å². The van der Waals surface area contributed by atoms with Crippen molar-refractivity contribution >= 4 is 17.3 Å². The minimum absolute atomic E-state index is 0.131. The van der Waals surface area contributed by atoms with Gasteiger partial charge in [0.25, 0.3) is 0 Å². The Hall–Kier alpha value is -0.980. The van der Waals surface area contributed by atoms with Gasteiger partial charge in [-0.25, -0.2) is 9.78 Å². The van der Waals surface area contributed by atoms with Crippen LogP contribution in [0.1, 0.15) is 34.8 Å². The van der Waals surface area contributed by atoms with Crippen molar-refractivity contribution in [2.45, 2.75) is 31.8 Å². The third kappa shape index (κ3) is 3.02. The number of nitrogens with zero attached hydrogens (tertiary/aromatic N) is 2. The first-order valence-electron chi connectivity index (χ1n) is 5.73. The highest BCUT2D eigenvalue weighted by Gasteiger charge is 2.25. The Morgan fingerprint density at radius 1 is 1.59 bits per heavy atom. The number of aliphatic hydroxyl groups is 1. The number of aliphatic hydroxyl groups excluding tert-OH is 1. The molecule has 1 aromatic rings. The molecule has 5 nitrogen and oxygen atoms in total. The molecule has 0 spiro atoms. The van der Waals surface area contributed by atoms with Gasteiger partial charge in [0, 0.05) is 24.5 Å². The SMILES string of the molecule is O=C(O)c1nc(CN(CCO)C2CCC2)cs1. The number of aromatic nitrogens is 1. The topological polar surface area (TPSA) is 73.7 Å². The lowest BCUT2D eigenvalue weighted by atomic mass is 9.91. The molecule has 1 aliphatic carbocycles. The van der Waals surface area contributed by atoms with E-state index in [9.17, 15) is 4.79 Å². The molecule has 0 aromatic carbocycles. The fourth-order valence-corrected chi connectivity index (χ4v) is 2.60. The van der Waals surface area contributed by atoms with Crippen molar-refractivity contribution in [3.8, 4) is 0 Å². The molecule has 1 fully saturated rings. The Bertz CT molecular complexity index is 390. The molecule has 1 aromatic heterocycles. The van der Waals surface area contributed by atoms with Crippen LogP contribution in [0.4, 0.5) is 0 Å². The molecular formula is C11H16N2O3S. The first kappa shape index (κ1) is 12.5. The lowest BCUT2D eigenvalue weighted by molar-refractivity contribution is 0.0694. The first-order valence-corrected chi connectivity index (χ1v) is 6.61. The molecule has 1 saturated carbocycles. The Morgan fingerprint density at radius 2 is 2.35 bits per heavy atom. The van der Waals surface area contributed by atoms with Crippen LogP contribution in [0.2, 0.25) is 0 Å². The van der Waals surface area contributed by atoms with Gasteiger partial charge in [-0.15, -0.1) is 11.3 Å². The molecule has 0 saturated heterocycles. The van der Waals surface area contributed by atoms with Gasteiger partial charge in [0.15, 0.2) is 0 Å². The predicted octanol–water partition coefficient (Wildman–Crippen LogP) is 1.19. The van der Waals surface area contributed by atoms with Gasteiger partial charge in [-0.05, 0) is 12.8 Å². The summed E-state index contributed by atoms with van der Waals surface area (Å²) in [4.78, 5) is 17.0. The smallest absolute Gasteiger partial charge is 0.365 e. The number of carboxylic acids is 1. The van der Waals surface area contributed by atoms with E-state index in [1.165, 1.54) is 6.42 Å². The molecule has 94 valence electrons. The molecule has 0 unspecified atom stereocenters. The summed E-state index contributed by atoms with van der Waals surface area (Å²) in [5.41, 5.74) is 0.785. The zero-order valence-corrected chi connectivity index (χ0v) is 10.3. The van der Waals surface area contributed by atoms with Crippen molar-refractivity contribution in [3.63, 3.8) is 0 Å². The Balaban J connectivity index is 1.98. The average Bonchev–Trinajstić information content (AvgIpc) is 2.64. The van der Waals surface area contributed by atoms with Crippen LogP contribution in [-0.4, -0.2) is 45.3 Å². The molecule has 6 heteroatoms. The third-order valence-corrected chi connectivity index (χ3v) is 3.96. The fraction of sp³-hybridized carbons (Fsp3) is 0.636. The van der Waals surface area contributed by atoms with Crippen LogP contribution >= 0.6 is 11.3 Å². The Labute approximate surface area is 104 Å². The second-order valence-electron chi connectivity index (χ2n) is 4.23. The van der Waals surface area contributed by atoms with E-state index < -0.39 is 5.97 Å². The molecule has 2 N–H and O–H groups in total. The van der Waals surface area contributed by atoms with Crippen LogP contribution in [0.25, 0.3) is 0 Å². The van der Waals surface area contributed by atoms with Gasteiger partial charge >= 0.3 is 5.97 Å². The number of thiazole rings is 1. The number of carboxylic acid groups (broad SMARTS) is 1. The minimum Gasteiger partial charge on any atom is -0.476 e. The van der Waals surface area contributed by atoms with Crippen LogP contribution in [0.5, 0.6) is 0 Å². The van der Waals surface area contributed by atoms with E-state index in [2.05, 4.69) is 9.88 Å². The summed E-state index contributed by atoms with van der Waals surface area (Å²) >= 11 is 1.16. The quantitative estimate of drug-likeness (QED) is 0.799. The third-order valence-electron chi connectivity index (χ3n) is 3.08. The summed E-state index contributed by atoms with van der Waals surface area (Å²) in [5.74, 6) is -0.974. The molecule has 1 heterocycles. The maximum absolute atomic E-state index is 10.7. The van der Waals surface area contributed by atoms with E-state index in [0.29, 0.717) is 19.1 Å². The van der Waals surface area contributed by atoms with E-state index in [1.54, 1.807) is 5.38 Å².